The third-order valence-corrected chi connectivity index (χ3v) is 4.88. The van der Waals surface area contributed by atoms with Gasteiger partial charge < -0.3 is 10.1 Å². The lowest BCUT2D eigenvalue weighted by Crippen LogP contribution is -2.23. The smallest absolute Gasteiger partial charge is 0.0845 e. The van der Waals surface area contributed by atoms with Crippen molar-refractivity contribution in [2.45, 2.75) is 25.0 Å². The van der Waals surface area contributed by atoms with Gasteiger partial charge in [-0.2, -0.15) is 0 Å². The highest BCUT2D eigenvalue weighted by Crippen LogP contribution is 2.34. The lowest BCUT2D eigenvalue weighted by molar-refractivity contribution is 0.0298. The largest absolute Gasteiger partial charge is 0.373 e. The molecule has 21 heavy (non-hydrogen) atoms. The number of fused-ring (bicyclic) bond motifs is 1. The fourth-order valence-electron chi connectivity index (χ4n) is 3.00. The molecule has 1 heterocycles. The van der Waals surface area contributed by atoms with Crippen LogP contribution in [0, 0.1) is 3.57 Å². The molecule has 0 spiro atoms. The monoisotopic (exact) mass is 393 g/mol. The highest BCUT2D eigenvalue weighted by Gasteiger charge is 2.24. The molecule has 3 rings (SSSR count). The molecule has 1 aliphatic heterocycles. The fourth-order valence-corrected chi connectivity index (χ4v) is 3.36. The minimum absolute atomic E-state index is 0.187. The van der Waals surface area contributed by atoms with Gasteiger partial charge in [-0.15, -0.1) is 0 Å². The van der Waals surface area contributed by atoms with Crippen molar-refractivity contribution in [1.82, 2.24) is 5.32 Å². The zero-order chi connectivity index (χ0) is 14.7. The molecule has 0 aliphatic carbocycles. The SMILES string of the molecule is CNC(CC1OCCc2ccccc21)c1ccc(I)cc1. The highest BCUT2D eigenvalue weighted by atomic mass is 127. The van der Waals surface area contributed by atoms with Crippen molar-refractivity contribution in [2.24, 2.45) is 0 Å². The van der Waals surface area contributed by atoms with Crippen LogP contribution in [0.1, 0.15) is 35.3 Å². The number of hydrogen-bond acceptors (Lipinski definition) is 2. The average molecular weight is 393 g/mol. The molecular weight excluding hydrogens is 373 g/mol. The van der Waals surface area contributed by atoms with E-state index < -0.39 is 0 Å². The maximum absolute atomic E-state index is 6.04. The van der Waals surface area contributed by atoms with Gasteiger partial charge in [-0.3, -0.25) is 0 Å². The summed E-state index contributed by atoms with van der Waals surface area (Å²) in [6.07, 6.45) is 2.18. The molecule has 0 radical (unpaired) electrons. The summed E-state index contributed by atoms with van der Waals surface area (Å²) in [4.78, 5) is 0. The molecule has 2 aromatic rings. The molecule has 3 heteroatoms. The summed E-state index contributed by atoms with van der Waals surface area (Å²) >= 11 is 2.34. The molecule has 2 atom stereocenters. The van der Waals surface area contributed by atoms with Crippen LogP contribution in [0.25, 0.3) is 0 Å². The Balaban J connectivity index is 1.80. The molecule has 110 valence electrons. The third kappa shape index (κ3) is 3.47. The second kappa shape index (κ2) is 6.90. The van der Waals surface area contributed by atoms with Gasteiger partial charge in [-0.1, -0.05) is 36.4 Å². The molecule has 2 unspecified atom stereocenters. The van der Waals surface area contributed by atoms with Crippen molar-refractivity contribution < 1.29 is 4.74 Å². The Morgan fingerprint density at radius 2 is 1.95 bits per heavy atom. The van der Waals surface area contributed by atoms with Gasteiger partial charge in [0, 0.05) is 9.61 Å². The molecule has 0 saturated carbocycles. The van der Waals surface area contributed by atoms with Crippen molar-refractivity contribution in [3.05, 3.63) is 68.8 Å². The first-order chi connectivity index (χ1) is 10.3. The standard InChI is InChI=1S/C18H20INO/c1-20-17(14-6-8-15(19)9-7-14)12-18-16-5-3-2-4-13(16)10-11-21-18/h2-9,17-18,20H,10-12H2,1H3. The molecule has 0 fully saturated rings. The second-order valence-corrected chi connectivity index (χ2v) is 6.68. The Morgan fingerprint density at radius 3 is 2.71 bits per heavy atom. The lowest BCUT2D eigenvalue weighted by Gasteiger charge is -2.29. The van der Waals surface area contributed by atoms with E-state index in [4.69, 9.17) is 4.74 Å². The van der Waals surface area contributed by atoms with E-state index >= 15 is 0 Å². The van der Waals surface area contributed by atoms with Gasteiger partial charge in [0.05, 0.1) is 12.7 Å². The topological polar surface area (TPSA) is 21.3 Å². The number of nitrogens with one attached hydrogen (secondary N) is 1. The first-order valence-electron chi connectivity index (χ1n) is 7.40. The second-order valence-electron chi connectivity index (χ2n) is 5.44. The molecule has 0 saturated heterocycles. The van der Waals surface area contributed by atoms with E-state index in [1.807, 2.05) is 7.05 Å². The van der Waals surface area contributed by atoms with E-state index in [9.17, 15) is 0 Å². The van der Waals surface area contributed by atoms with E-state index in [0.717, 1.165) is 19.4 Å². The van der Waals surface area contributed by atoms with Gasteiger partial charge >= 0.3 is 0 Å². The lowest BCUT2D eigenvalue weighted by atomic mass is 9.91. The van der Waals surface area contributed by atoms with Crippen LogP contribution in [0.4, 0.5) is 0 Å². The Morgan fingerprint density at radius 1 is 1.19 bits per heavy atom. The molecule has 2 nitrogen and oxygen atoms in total. The van der Waals surface area contributed by atoms with Gasteiger partial charge in [0.1, 0.15) is 0 Å². The molecule has 0 aromatic heterocycles. The van der Waals surface area contributed by atoms with Gasteiger partial charge in [-0.25, -0.2) is 0 Å². The van der Waals surface area contributed by atoms with Crippen LogP contribution >= 0.6 is 22.6 Å². The Bertz CT molecular complexity index is 596. The highest BCUT2D eigenvalue weighted by molar-refractivity contribution is 14.1. The molecule has 0 amide bonds. The molecule has 1 N–H and O–H groups in total. The maximum Gasteiger partial charge on any atom is 0.0845 e. The van der Waals surface area contributed by atoms with E-state index in [2.05, 4.69) is 76.4 Å². The number of benzene rings is 2. The normalized spacial score (nSPS) is 19.0. The van der Waals surface area contributed by atoms with Crippen LogP contribution in [0.3, 0.4) is 0 Å². The third-order valence-electron chi connectivity index (χ3n) is 4.16. The summed E-state index contributed by atoms with van der Waals surface area (Å²) < 4.78 is 7.31. The Kier molecular flexibility index (Phi) is 4.93. The quantitative estimate of drug-likeness (QED) is 0.785. The van der Waals surface area contributed by atoms with Gasteiger partial charge in [0.25, 0.3) is 0 Å². The Labute approximate surface area is 140 Å². The molecular formula is C18H20INO. The predicted molar refractivity (Wildman–Crippen MR) is 94.4 cm³/mol. The van der Waals surface area contributed by atoms with Crippen molar-refractivity contribution in [3.8, 4) is 0 Å². The minimum atomic E-state index is 0.187. The van der Waals surface area contributed by atoms with Crippen molar-refractivity contribution in [2.75, 3.05) is 13.7 Å². The Hall–Kier alpha value is -0.910. The maximum atomic E-state index is 6.04. The first-order valence-corrected chi connectivity index (χ1v) is 8.48. The molecule has 1 aliphatic rings. The summed E-state index contributed by atoms with van der Waals surface area (Å²) in [5, 5.41) is 3.43. The zero-order valence-corrected chi connectivity index (χ0v) is 14.3. The van der Waals surface area contributed by atoms with Crippen molar-refractivity contribution >= 4 is 22.6 Å². The summed E-state index contributed by atoms with van der Waals surface area (Å²) in [5.41, 5.74) is 4.12. The summed E-state index contributed by atoms with van der Waals surface area (Å²) in [7, 11) is 2.03. The van der Waals surface area contributed by atoms with E-state index in [-0.39, 0.29) is 6.10 Å². The van der Waals surface area contributed by atoms with Crippen LogP contribution in [-0.2, 0) is 11.2 Å². The number of halogens is 1. The van der Waals surface area contributed by atoms with Gasteiger partial charge in [0.2, 0.25) is 0 Å². The zero-order valence-electron chi connectivity index (χ0n) is 12.2. The summed E-state index contributed by atoms with van der Waals surface area (Å²) in [5.74, 6) is 0. The van der Waals surface area contributed by atoms with Crippen LogP contribution in [0.2, 0.25) is 0 Å². The minimum Gasteiger partial charge on any atom is -0.373 e. The molecule has 2 aromatic carbocycles. The fraction of sp³-hybridized carbons (Fsp3) is 0.333. The predicted octanol–water partition coefficient (Wildman–Crippen LogP) is 4.26. The van der Waals surface area contributed by atoms with E-state index in [0.29, 0.717) is 6.04 Å². The van der Waals surface area contributed by atoms with Gasteiger partial charge in [0.15, 0.2) is 0 Å². The number of ether oxygens (including phenoxy) is 1. The van der Waals surface area contributed by atoms with Crippen molar-refractivity contribution in [1.29, 1.82) is 0 Å². The van der Waals surface area contributed by atoms with E-state index in [1.165, 1.54) is 20.3 Å². The number of rotatable bonds is 4. The number of hydrogen-bond donors (Lipinski definition) is 1. The van der Waals surface area contributed by atoms with Crippen LogP contribution < -0.4 is 5.32 Å². The van der Waals surface area contributed by atoms with E-state index in [1.54, 1.807) is 0 Å². The first kappa shape index (κ1) is 15.0. The van der Waals surface area contributed by atoms with Crippen molar-refractivity contribution in [3.63, 3.8) is 0 Å². The summed E-state index contributed by atoms with van der Waals surface area (Å²) in [6.45, 7) is 0.824. The van der Waals surface area contributed by atoms with Gasteiger partial charge in [-0.05, 0) is 71.3 Å². The average Bonchev–Trinajstić information content (AvgIpc) is 2.54. The van der Waals surface area contributed by atoms with Crippen LogP contribution in [0.5, 0.6) is 0 Å². The summed E-state index contributed by atoms with van der Waals surface area (Å²) in [6, 6.07) is 17.7. The van der Waals surface area contributed by atoms with Crippen LogP contribution in [0.15, 0.2) is 48.5 Å². The molecule has 0 bridgehead atoms. The van der Waals surface area contributed by atoms with Crippen LogP contribution in [-0.4, -0.2) is 13.7 Å².